The Morgan fingerprint density at radius 2 is 1.94 bits per heavy atom. The highest BCUT2D eigenvalue weighted by atomic mass is 79.9. The van der Waals surface area contributed by atoms with Crippen molar-refractivity contribution in [2.75, 3.05) is 6.61 Å². The van der Waals surface area contributed by atoms with Gasteiger partial charge in [0, 0.05) is 10.0 Å². The Balaban J connectivity index is 1.64. The third-order valence-electron chi connectivity index (χ3n) is 4.20. The lowest BCUT2D eigenvalue weighted by molar-refractivity contribution is -0.123. The summed E-state index contributed by atoms with van der Waals surface area (Å²) in [6, 6.07) is 12.1. The number of ether oxygens (including phenoxy) is 2. The molecule has 1 N–H and O–H groups in total. The molecule has 0 aliphatic heterocycles. The van der Waals surface area contributed by atoms with Gasteiger partial charge in [0.2, 0.25) is 5.76 Å². The van der Waals surface area contributed by atoms with Gasteiger partial charge in [-0.25, -0.2) is 10.2 Å². The van der Waals surface area contributed by atoms with Gasteiger partial charge in [-0.1, -0.05) is 22.0 Å². The minimum atomic E-state index is -0.659. The number of rotatable bonds is 7. The molecule has 7 nitrogen and oxygen atoms in total. The first-order valence-electron chi connectivity index (χ1n) is 9.10. The fraction of sp³-hybridized carbons (Fsp3) is 0.136. The van der Waals surface area contributed by atoms with E-state index in [-0.39, 0.29) is 18.1 Å². The molecule has 160 valence electrons. The Hall–Kier alpha value is -2.91. The van der Waals surface area contributed by atoms with Crippen molar-refractivity contribution in [3.63, 3.8) is 0 Å². The van der Waals surface area contributed by atoms with Gasteiger partial charge in [0.1, 0.15) is 5.75 Å². The standard InChI is InChI=1S/C22H18Br2N2O5/c1-13-5-6-17(8-14(13)2)30-12-20(27)26-25-11-15-9-16(23)10-18(24)21(15)31-22(28)19-4-3-7-29-19/h3-11H,12H2,1-2H3,(H,26,27)/b25-11+. The topological polar surface area (TPSA) is 90.1 Å². The summed E-state index contributed by atoms with van der Waals surface area (Å²) in [7, 11) is 0. The number of furan rings is 1. The highest BCUT2D eigenvalue weighted by Crippen LogP contribution is 2.32. The van der Waals surface area contributed by atoms with Crippen molar-refractivity contribution in [2.24, 2.45) is 5.10 Å². The number of amides is 1. The predicted molar refractivity (Wildman–Crippen MR) is 123 cm³/mol. The van der Waals surface area contributed by atoms with E-state index in [9.17, 15) is 9.59 Å². The fourth-order valence-electron chi connectivity index (χ4n) is 2.48. The summed E-state index contributed by atoms with van der Waals surface area (Å²) in [4.78, 5) is 24.3. The fourth-order valence-corrected chi connectivity index (χ4v) is 3.82. The zero-order chi connectivity index (χ0) is 22.4. The number of aryl methyl sites for hydroxylation is 2. The summed E-state index contributed by atoms with van der Waals surface area (Å²) < 4.78 is 17.2. The molecule has 1 amide bonds. The average Bonchev–Trinajstić information content (AvgIpc) is 3.26. The van der Waals surface area contributed by atoms with E-state index in [0.717, 1.165) is 15.6 Å². The third-order valence-corrected chi connectivity index (χ3v) is 5.24. The molecule has 0 spiro atoms. The van der Waals surface area contributed by atoms with Gasteiger partial charge in [-0.15, -0.1) is 0 Å². The molecule has 1 aromatic heterocycles. The van der Waals surface area contributed by atoms with Crippen LogP contribution in [0.25, 0.3) is 0 Å². The molecule has 0 saturated carbocycles. The zero-order valence-electron chi connectivity index (χ0n) is 16.6. The van der Waals surface area contributed by atoms with Crippen molar-refractivity contribution in [2.45, 2.75) is 13.8 Å². The summed E-state index contributed by atoms with van der Waals surface area (Å²) in [5, 5.41) is 3.94. The van der Waals surface area contributed by atoms with Crippen LogP contribution in [0.5, 0.6) is 11.5 Å². The van der Waals surface area contributed by atoms with Gasteiger partial charge >= 0.3 is 5.97 Å². The number of nitrogens with one attached hydrogen (secondary N) is 1. The number of halogens is 2. The van der Waals surface area contributed by atoms with E-state index in [1.54, 1.807) is 24.3 Å². The second-order valence-corrected chi connectivity index (χ2v) is 8.27. The molecule has 3 rings (SSSR count). The van der Waals surface area contributed by atoms with Crippen molar-refractivity contribution < 1.29 is 23.5 Å². The molecule has 1 heterocycles. The van der Waals surface area contributed by atoms with Crippen LogP contribution in [0.3, 0.4) is 0 Å². The summed E-state index contributed by atoms with van der Waals surface area (Å²) in [6.07, 6.45) is 2.75. The highest BCUT2D eigenvalue weighted by molar-refractivity contribution is 9.11. The lowest BCUT2D eigenvalue weighted by Crippen LogP contribution is -2.24. The molecule has 0 aliphatic carbocycles. The number of hydrazone groups is 1. The smallest absolute Gasteiger partial charge is 0.379 e. The Labute approximate surface area is 195 Å². The van der Waals surface area contributed by atoms with Gasteiger partial charge < -0.3 is 13.9 Å². The molecule has 2 aromatic carbocycles. The zero-order valence-corrected chi connectivity index (χ0v) is 19.8. The van der Waals surface area contributed by atoms with E-state index in [1.165, 1.54) is 18.5 Å². The Kier molecular flexibility index (Phi) is 7.64. The van der Waals surface area contributed by atoms with Crippen molar-refractivity contribution >= 4 is 50.0 Å². The summed E-state index contributed by atoms with van der Waals surface area (Å²) in [5.41, 5.74) is 5.07. The maximum atomic E-state index is 12.2. The first kappa shape index (κ1) is 22.8. The normalized spacial score (nSPS) is 10.8. The molecule has 31 heavy (non-hydrogen) atoms. The van der Waals surface area contributed by atoms with Crippen LogP contribution in [0.4, 0.5) is 0 Å². The quantitative estimate of drug-likeness (QED) is 0.190. The van der Waals surface area contributed by atoms with Crippen LogP contribution in [-0.2, 0) is 4.79 Å². The van der Waals surface area contributed by atoms with E-state index in [1.807, 2.05) is 26.0 Å². The minimum Gasteiger partial charge on any atom is -0.484 e. The number of benzene rings is 2. The van der Waals surface area contributed by atoms with Crippen molar-refractivity contribution in [3.05, 3.63) is 80.1 Å². The predicted octanol–water partition coefficient (Wildman–Crippen LogP) is 5.17. The van der Waals surface area contributed by atoms with Crippen LogP contribution in [0.2, 0.25) is 0 Å². The average molecular weight is 550 g/mol. The van der Waals surface area contributed by atoms with Gasteiger partial charge in [-0.05, 0) is 77.3 Å². The number of nitrogens with zero attached hydrogens (tertiary/aromatic N) is 1. The molecule has 0 unspecified atom stereocenters. The molecule has 0 bridgehead atoms. The van der Waals surface area contributed by atoms with E-state index in [4.69, 9.17) is 13.9 Å². The first-order valence-corrected chi connectivity index (χ1v) is 10.7. The maximum absolute atomic E-state index is 12.2. The minimum absolute atomic E-state index is 0.0644. The van der Waals surface area contributed by atoms with Crippen LogP contribution in [0.15, 0.2) is 67.2 Å². The van der Waals surface area contributed by atoms with Crippen LogP contribution in [-0.4, -0.2) is 24.7 Å². The Morgan fingerprint density at radius 1 is 1.13 bits per heavy atom. The number of hydrogen-bond donors (Lipinski definition) is 1. The van der Waals surface area contributed by atoms with E-state index < -0.39 is 11.9 Å². The summed E-state index contributed by atoms with van der Waals surface area (Å²) in [6.45, 7) is 3.78. The van der Waals surface area contributed by atoms with Gasteiger partial charge in [-0.3, -0.25) is 4.79 Å². The Bertz CT molecular complexity index is 1130. The van der Waals surface area contributed by atoms with Crippen LogP contribution < -0.4 is 14.9 Å². The molecule has 0 fully saturated rings. The monoisotopic (exact) mass is 548 g/mol. The second-order valence-electron chi connectivity index (χ2n) is 6.50. The highest BCUT2D eigenvalue weighted by Gasteiger charge is 2.17. The molecule has 0 radical (unpaired) electrons. The summed E-state index contributed by atoms with van der Waals surface area (Å²) >= 11 is 6.74. The maximum Gasteiger partial charge on any atom is 0.379 e. The second kappa shape index (κ2) is 10.4. The molecule has 9 heteroatoms. The molecule has 0 atom stereocenters. The molecule has 0 saturated heterocycles. The van der Waals surface area contributed by atoms with Crippen molar-refractivity contribution in [3.8, 4) is 11.5 Å². The van der Waals surface area contributed by atoms with Crippen LogP contribution in [0.1, 0.15) is 27.2 Å². The van der Waals surface area contributed by atoms with E-state index in [2.05, 4.69) is 42.4 Å². The SMILES string of the molecule is Cc1ccc(OCC(=O)N/N=C/c2cc(Br)cc(Br)c2OC(=O)c2ccco2)cc1C. The Morgan fingerprint density at radius 3 is 2.65 bits per heavy atom. The lowest BCUT2D eigenvalue weighted by atomic mass is 10.1. The van der Waals surface area contributed by atoms with Gasteiger partial charge in [0.25, 0.3) is 5.91 Å². The molecular weight excluding hydrogens is 532 g/mol. The molecular formula is C22H18Br2N2O5. The van der Waals surface area contributed by atoms with Crippen molar-refractivity contribution in [1.29, 1.82) is 0 Å². The van der Waals surface area contributed by atoms with E-state index in [0.29, 0.717) is 15.8 Å². The molecule has 0 aliphatic rings. The van der Waals surface area contributed by atoms with Crippen LogP contribution >= 0.6 is 31.9 Å². The number of esters is 1. The van der Waals surface area contributed by atoms with Crippen molar-refractivity contribution in [1.82, 2.24) is 5.43 Å². The number of hydrogen-bond acceptors (Lipinski definition) is 6. The first-order chi connectivity index (χ1) is 14.8. The number of carbonyl (C=O) groups is 2. The van der Waals surface area contributed by atoms with Gasteiger partial charge in [0.15, 0.2) is 12.4 Å². The van der Waals surface area contributed by atoms with E-state index >= 15 is 0 Å². The third kappa shape index (κ3) is 6.28. The molecule has 3 aromatic rings. The lowest BCUT2D eigenvalue weighted by Gasteiger charge is -2.10. The van der Waals surface area contributed by atoms with Gasteiger partial charge in [0.05, 0.1) is 17.0 Å². The van der Waals surface area contributed by atoms with Crippen LogP contribution in [0, 0.1) is 13.8 Å². The van der Waals surface area contributed by atoms with Gasteiger partial charge in [-0.2, -0.15) is 5.10 Å². The summed E-state index contributed by atoms with van der Waals surface area (Å²) in [5.74, 6) is -0.195. The largest absolute Gasteiger partial charge is 0.484 e. The number of carbonyl (C=O) groups excluding carboxylic acids is 2.